The Morgan fingerprint density at radius 3 is 2.00 bits per heavy atom. The van der Waals surface area contributed by atoms with E-state index in [1.807, 2.05) is 0 Å². The molecule has 0 radical (unpaired) electrons. The zero-order chi connectivity index (χ0) is 14.0. The van der Waals surface area contributed by atoms with Crippen LogP contribution in [0.3, 0.4) is 0 Å². The Labute approximate surface area is 115 Å². The van der Waals surface area contributed by atoms with Crippen LogP contribution in [0.5, 0.6) is 0 Å². The summed E-state index contributed by atoms with van der Waals surface area (Å²) in [5.41, 5.74) is 4.76. The molecule has 18 heavy (non-hydrogen) atoms. The second kappa shape index (κ2) is 10.2. The van der Waals surface area contributed by atoms with Gasteiger partial charge in [0.25, 0.3) is 0 Å². The lowest BCUT2D eigenvalue weighted by Gasteiger charge is -2.14. The lowest BCUT2D eigenvalue weighted by Crippen LogP contribution is -1.97. The summed E-state index contributed by atoms with van der Waals surface area (Å²) in [4.78, 5) is 0. The van der Waals surface area contributed by atoms with Crippen LogP contribution in [0.2, 0.25) is 0 Å². The maximum absolute atomic E-state index is 2.45. The van der Waals surface area contributed by atoms with Gasteiger partial charge in [-0.3, -0.25) is 0 Å². The van der Waals surface area contributed by atoms with Crippen molar-refractivity contribution in [2.24, 2.45) is 5.92 Å². The molecule has 0 heteroatoms. The van der Waals surface area contributed by atoms with Crippen molar-refractivity contribution < 1.29 is 0 Å². The molecule has 0 aromatic carbocycles. The van der Waals surface area contributed by atoms with Gasteiger partial charge in [0, 0.05) is 0 Å². The van der Waals surface area contributed by atoms with E-state index in [9.17, 15) is 0 Å². The van der Waals surface area contributed by atoms with E-state index in [0.29, 0.717) is 5.92 Å². The fraction of sp³-hybridized carbons (Fsp3) is 0.667. The largest absolute Gasteiger partial charge is 0.0885 e. The molecule has 0 rings (SSSR count). The number of hydrogen-bond donors (Lipinski definition) is 0. The first-order valence-electron chi connectivity index (χ1n) is 7.58. The number of allylic oxidation sites excluding steroid dienone is 6. The Balaban J connectivity index is 4.78. The van der Waals surface area contributed by atoms with Crippen LogP contribution in [-0.4, -0.2) is 0 Å². The summed E-state index contributed by atoms with van der Waals surface area (Å²) in [6.07, 6.45) is 12.8. The van der Waals surface area contributed by atoms with Crippen molar-refractivity contribution in [3.8, 4) is 0 Å². The van der Waals surface area contributed by atoms with E-state index in [2.05, 4.69) is 59.8 Å². The van der Waals surface area contributed by atoms with Crippen molar-refractivity contribution in [3.63, 3.8) is 0 Å². The highest BCUT2D eigenvalue weighted by Crippen LogP contribution is 2.23. The fourth-order valence-corrected chi connectivity index (χ4v) is 2.25. The number of rotatable bonds is 8. The quantitative estimate of drug-likeness (QED) is 0.433. The zero-order valence-electron chi connectivity index (χ0n) is 13.3. The van der Waals surface area contributed by atoms with Gasteiger partial charge < -0.3 is 0 Å². The molecule has 0 spiro atoms. The summed E-state index contributed by atoms with van der Waals surface area (Å²) in [5, 5.41) is 0. The van der Waals surface area contributed by atoms with E-state index < -0.39 is 0 Å². The molecule has 0 aliphatic carbocycles. The van der Waals surface area contributed by atoms with Crippen LogP contribution in [-0.2, 0) is 0 Å². The number of hydrogen-bond acceptors (Lipinski definition) is 0. The topological polar surface area (TPSA) is 0 Å². The summed E-state index contributed by atoms with van der Waals surface area (Å²) < 4.78 is 0. The highest BCUT2D eigenvalue weighted by Gasteiger charge is 2.06. The van der Waals surface area contributed by atoms with Crippen molar-refractivity contribution in [1.82, 2.24) is 0 Å². The maximum Gasteiger partial charge on any atom is -0.0131 e. The zero-order valence-corrected chi connectivity index (χ0v) is 13.3. The highest BCUT2D eigenvalue weighted by molar-refractivity contribution is 5.21. The average Bonchev–Trinajstić information content (AvgIpc) is 2.34. The smallest absolute Gasteiger partial charge is 0.0131 e. The fourth-order valence-electron chi connectivity index (χ4n) is 2.25. The average molecular weight is 248 g/mol. The Morgan fingerprint density at radius 2 is 1.56 bits per heavy atom. The molecule has 0 saturated heterocycles. The van der Waals surface area contributed by atoms with Gasteiger partial charge in [0.1, 0.15) is 0 Å². The predicted octanol–water partition coefficient (Wildman–Crippen LogP) is 6.45. The third kappa shape index (κ3) is 6.83. The molecule has 0 atom stereocenters. The molecule has 0 aromatic rings. The molecule has 0 aliphatic heterocycles. The van der Waals surface area contributed by atoms with Crippen molar-refractivity contribution in [2.45, 2.75) is 73.6 Å². The lowest BCUT2D eigenvalue weighted by atomic mass is 9.92. The summed E-state index contributed by atoms with van der Waals surface area (Å²) in [5.74, 6) is 0.659. The van der Waals surface area contributed by atoms with Gasteiger partial charge in [-0.2, -0.15) is 0 Å². The Kier molecular flexibility index (Phi) is 9.73. The molecule has 0 aromatic heterocycles. The molecule has 0 unspecified atom stereocenters. The Morgan fingerprint density at radius 1 is 0.944 bits per heavy atom. The summed E-state index contributed by atoms with van der Waals surface area (Å²) in [6, 6.07) is 0. The van der Waals surface area contributed by atoms with Crippen LogP contribution in [0.15, 0.2) is 34.9 Å². The first kappa shape index (κ1) is 17.2. The summed E-state index contributed by atoms with van der Waals surface area (Å²) in [7, 11) is 0. The van der Waals surface area contributed by atoms with Crippen LogP contribution in [0.1, 0.15) is 73.6 Å². The second-order valence-electron chi connectivity index (χ2n) is 5.32. The molecule has 0 N–H and O–H groups in total. The van der Waals surface area contributed by atoms with E-state index in [4.69, 9.17) is 0 Å². The minimum absolute atomic E-state index is 0.659. The Bertz CT molecular complexity index is 294. The van der Waals surface area contributed by atoms with Gasteiger partial charge in [-0.15, -0.1) is 0 Å². The molecule has 0 heterocycles. The molecular formula is C18H32. The summed E-state index contributed by atoms with van der Waals surface area (Å²) >= 11 is 0. The molecule has 0 saturated carbocycles. The van der Waals surface area contributed by atoms with Gasteiger partial charge in [-0.05, 0) is 44.9 Å². The van der Waals surface area contributed by atoms with Gasteiger partial charge in [0.15, 0.2) is 0 Å². The monoisotopic (exact) mass is 248 g/mol. The Hall–Kier alpha value is -0.780. The predicted molar refractivity (Wildman–Crippen MR) is 84.9 cm³/mol. The van der Waals surface area contributed by atoms with Crippen molar-refractivity contribution >= 4 is 0 Å². The van der Waals surface area contributed by atoms with Crippen LogP contribution >= 0.6 is 0 Å². The van der Waals surface area contributed by atoms with Crippen molar-refractivity contribution in [3.05, 3.63) is 34.9 Å². The molecule has 0 amide bonds. The third-order valence-corrected chi connectivity index (χ3v) is 3.59. The van der Waals surface area contributed by atoms with E-state index in [1.165, 1.54) is 12.8 Å². The first-order chi connectivity index (χ1) is 8.56. The minimum atomic E-state index is 0.659. The summed E-state index contributed by atoms with van der Waals surface area (Å²) in [6.45, 7) is 13.6. The van der Waals surface area contributed by atoms with Crippen molar-refractivity contribution in [2.75, 3.05) is 0 Å². The normalized spacial score (nSPS) is 13.1. The van der Waals surface area contributed by atoms with Crippen LogP contribution in [0, 0.1) is 5.92 Å². The highest BCUT2D eigenvalue weighted by atomic mass is 14.1. The SMILES string of the molecule is CCC=CCC(C)=C(CC=C(CC)CC)C(C)C. The lowest BCUT2D eigenvalue weighted by molar-refractivity contribution is 0.726. The van der Waals surface area contributed by atoms with Crippen LogP contribution < -0.4 is 0 Å². The maximum atomic E-state index is 2.45. The van der Waals surface area contributed by atoms with Gasteiger partial charge in [0.2, 0.25) is 0 Å². The molecule has 0 aliphatic rings. The van der Waals surface area contributed by atoms with E-state index >= 15 is 0 Å². The van der Waals surface area contributed by atoms with Gasteiger partial charge in [-0.25, -0.2) is 0 Å². The van der Waals surface area contributed by atoms with Gasteiger partial charge >= 0.3 is 0 Å². The third-order valence-electron chi connectivity index (χ3n) is 3.59. The molecular weight excluding hydrogens is 216 g/mol. The van der Waals surface area contributed by atoms with E-state index in [0.717, 1.165) is 19.3 Å². The molecule has 0 nitrogen and oxygen atoms in total. The molecule has 0 fully saturated rings. The van der Waals surface area contributed by atoms with Crippen LogP contribution in [0.25, 0.3) is 0 Å². The molecule has 0 bridgehead atoms. The van der Waals surface area contributed by atoms with E-state index in [-0.39, 0.29) is 0 Å². The van der Waals surface area contributed by atoms with Gasteiger partial charge in [0.05, 0.1) is 0 Å². The van der Waals surface area contributed by atoms with E-state index in [1.54, 1.807) is 16.7 Å². The van der Waals surface area contributed by atoms with Crippen molar-refractivity contribution in [1.29, 1.82) is 0 Å². The standard InChI is InChI=1S/C18H32/c1-7-10-11-12-16(6)18(15(4)5)14-13-17(8-2)9-3/h10-11,13,15H,7-9,12,14H2,1-6H3. The van der Waals surface area contributed by atoms with Crippen LogP contribution in [0.4, 0.5) is 0 Å². The second-order valence-corrected chi connectivity index (χ2v) is 5.32. The van der Waals surface area contributed by atoms with Gasteiger partial charge in [-0.1, -0.05) is 69.6 Å². The first-order valence-corrected chi connectivity index (χ1v) is 7.58. The molecule has 104 valence electrons. The minimum Gasteiger partial charge on any atom is -0.0885 e.